The van der Waals surface area contributed by atoms with Crippen molar-refractivity contribution in [2.75, 3.05) is 18.5 Å². The second-order valence-corrected chi connectivity index (χ2v) is 10.8. The molecule has 0 unspecified atom stereocenters. The number of hydrogen-bond acceptors (Lipinski definition) is 7. The first-order chi connectivity index (χ1) is 18.2. The van der Waals surface area contributed by atoms with Crippen LogP contribution in [0.15, 0.2) is 59.0 Å². The molecule has 2 aromatic carbocycles. The summed E-state index contributed by atoms with van der Waals surface area (Å²) in [5, 5.41) is 16.2. The van der Waals surface area contributed by atoms with Crippen LogP contribution < -0.4 is 10.6 Å². The maximum absolute atomic E-state index is 12.6. The number of aliphatic hydroxyl groups is 1. The fourth-order valence-electron chi connectivity index (χ4n) is 4.96. The molecule has 2 heterocycles. The molecular weight excluding hydrogens is 480 g/mol. The standard InChI is InChI=1S/C30H34N4O4/c1-19-23-24(20-9-6-5-7-10-20)25(37-26(23)33-27(32-19)31-17-18-35)21-11-13-22(14-12-21)30(15-8-16-30)34-28(36)38-29(2,3)4/h5-7,9-14,35H,8,15-18H2,1-4H3,(H,34,36)(H,31,32,33). The van der Waals surface area contributed by atoms with Gasteiger partial charge in [0.2, 0.25) is 11.7 Å². The monoisotopic (exact) mass is 514 g/mol. The molecule has 198 valence electrons. The van der Waals surface area contributed by atoms with Crippen LogP contribution in [0.5, 0.6) is 0 Å². The summed E-state index contributed by atoms with van der Waals surface area (Å²) in [6, 6.07) is 18.3. The van der Waals surface area contributed by atoms with E-state index >= 15 is 0 Å². The van der Waals surface area contributed by atoms with Crippen LogP contribution in [-0.2, 0) is 10.3 Å². The second-order valence-electron chi connectivity index (χ2n) is 10.8. The summed E-state index contributed by atoms with van der Waals surface area (Å²) in [4.78, 5) is 21.8. The number of fused-ring (bicyclic) bond motifs is 1. The molecule has 38 heavy (non-hydrogen) atoms. The lowest BCUT2D eigenvalue weighted by Crippen LogP contribution is -2.52. The van der Waals surface area contributed by atoms with Gasteiger partial charge in [0.25, 0.3) is 0 Å². The zero-order valence-electron chi connectivity index (χ0n) is 22.3. The number of anilines is 1. The number of benzene rings is 2. The summed E-state index contributed by atoms with van der Waals surface area (Å²) >= 11 is 0. The van der Waals surface area contributed by atoms with Gasteiger partial charge >= 0.3 is 6.09 Å². The summed E-state index contributed by atoms with van der Waals surface area (Å²) < 4.78 is 11.9. The number of amides is 1. The number of carbonyl (C=O) groups excluding carboxylic acids is 1. The molecule has 0 aliphatic heterocycles. The number of nitrogens with one attached hydrogen (secondary N) is 2. The average molecular weight is 515 g/mol. The van der Waals surface area contributed by atoms with Gasteiger partial charge in [-0.15, -0.1) is 0 Å². The highest BCUT2D eigenvalue weighted by Crippen LogP contribution is 2.44. The second kappa shape index (κ2) is 10.1. The van der Waals surface area contributed by atoms with E-state index in [0.717, 1.165) is 52.6 Å². The Morgan fingerprint density at radius 2 is 1.76 bits per heavy atom. The van der Waals surface area contributed by atoms with Crippen molar-refractivity contribution in [3.63, 3.8) is 0 Å². The molecule has 0 radical (unpaired) electrons. The molecule has 4 aromatic rings. The van der Waals surface area contributed by atoms with Crippen LogP contribution in [0.25, 0.3) is 33.6 Å². The maximum Gasteiger partial charge on any atom is 0.408 e. The van der Waals surface area contributed by atoms with Gasteiger partial charge in [0.1, 0.15) is 11.4 Å². The Kier molecular flexibility index (Phi) is 6.84. The highest BCUT2D eigenvalue weighted by molar-refractivity contribution is 6.02. The number of carbonyl (C=O) groups is 1. The molecule has 0 saturated heterocycles. The van der Waals surface area contributed by atoms with Crippen molar-refractivity contribution in [2.24, 2.45) is 0 Å². The topological polar surface area (TPSA) is 110 Å². The number of alkyl carbamates (subject to hydrolysis) is 1. The predicted octanol–water partition coefficient (Wildman–Crippen LogP) is 6.17. The van der Waals surface area contributed by atoms with Crippen LogP contribution >= 0.6 is 0 Å². The van der Waals surface area contributed by atoms with Gasteiger partial charge in [0.15, 0.2) is 0 Å². The zero-order chi connectivity index (χ0) is 26.9. The predicted molar refractivity (Wildman–Crippen MR) is 148 cm³/mol. The molecule has 0 bridgehead atoms. The molecule has 1 fully saturated rings. The lowest BCUT2D eigenvalue weighted by molar-refractivity contribution is 0.0377. The first-order valence-electron chi connectivity index (χ1n) is 13.0. The minimum Gasteiger partial charge on any atom is -0.444 e. The Hall–Kier alpha value is -3.91. The third-order valence-electron chi connectivity index (χ3n) is 6.84. The third kappa shape index (κ3) is 5.09. The van der Waals surface area contributed by atoms with E-state index in [1.165, 1.54) is 0 Å². The summed E-state index contributed by atoms with van der Waals surface area (Å²) in [5.41, 5.74) is 4.19. The lowest BCUT2D eigenvalue weighted by Gasteiger charge is -2.43. The highest BCUT2D eigenvalue weighted by atomic mass is 16.6. The molecule has 1 amide bonds. The number of ether oxygens (including phenoxy) is 1. The van der Waals surface area contributed by atoms with Gasteiger partial charge in [0, 0.05) is 17.7 Å². The molecule has 8 nitrogen and oxygen atoms in total. The number of aliphatic hydroxyl groups excluding tert-OH is 1. The smallest absolute Gasteiger partial charge is 0.408 e. The molecule has 1 aliphatic carbocycles. The van der Waals surface area contributed by atoms with E-state index in [1.54, 1.807) is 0 Å². The van der Waals surface area contributed by atoms with Crippen LogP contribution in [-0.4, -0.2) is 39.9 Å². The first kappa shape index (κ1) is 25.7. The van der Waals surface area contributed by atoms with Gasteiger partial charge in [-0.1, -0.05) is 54.6 Å². The average Bonchev–Trinajstić information content (AvgIpc) is 3.25. The minimum absolute atomic E-state index is 0.0181. The number of furan rings is 1. The van der Waals surface area contributed by atoms with Crippen molar-refractivity contribution in [2.45, 2.75) is 58.1 Å². The Labute approximate surface area is 222 Å². The van der Waals surface area contributed by atoms with Gasteiger partial charge in [-0.25, -0.2) is 9.78 Å². The number of hydrogen-bond donors (Lipinski definition) is 3. The lowest BCUT2D eigenvalue weighted by atomic mass is 9.71. The first-order valence-corrected chi connectivity index (χ1v) is 13.0. The van der Waals surface area contributed by atoms with E-state index < -0.39 is 17.2 Å². The Bertz CT molecular complexity index is 1440. The largest absolute Gasteiger partial charge is 0.444 e. The summed E-state index contributed by atoms with van der Waals surface area (Å²) in [5.74, 6) is 1.12. The van der Waals surface area contributed by atoms with E-state index in [-0.39, 0.29) is 6.61 Å². The van der Waals surface area contributed by atoms with E-state index in [0.29, 0.717) is 24.0 Å². The van der Waals surface area contributed by atoms with Crippen LogP contribution in [0, 0.1) is 6.92 Å². The maximum atomic E-state index is 12.6. The summed E-state index contributed by atoms with van der Waals surface area (Å²) in [7, 11) is 0. The molecule has 8 heteroatoms. The summed E-state index contributed by atoms with van der Waals surface area (Å²) in [6.45, 7) is 7.87. The van der Waals surface area contributed by atoms with Gasteiger partial charge in [-0.05, 0) is 58.1 Å². The molecule has 1 aliphatic rings. The highest BCUT2D eigenvalue weighted by Gasteiger charge is 2.41. The normalized spacial score (nSPS) is 14.7. The number of aryl methyl sites for hydroxylation is 1. The fourth-order valence-corrected chi connectivity index (χ4v) is 4.96. The Balaban J connectivity index is 1.54. The fraction of sp³-hybridized carbons (Fsp3) is 0.367. The SMILES string of the molecule is Cc1nc(NCCO)nc2oc(-c3ccc(C4(NC(=O)OC(C)(C)C)CCC4)cc3)c(-c3ccccc3)c12. The van der Waals surface area contributed by atoms with E-state index in [9.17, 15) is 9.90 Å². The third-order valence-corrected chi connectivity index (χ3v) is 6.84. The van der Waals surface area contributed by atoms with Gasteiger partial charge in [0.05, 0.1) is 23.2 Å². The molecule has 5 rings (SSSR count). The van der Waals surface area contributed by atoms with Crippen molar-refractivity contribution in [3.8, 4) is 22.5 Å². The van der Waals surface area contributed by atoms with Gasteiger partial charge < -0.3 is 24.9 Å². The van der Waals surface area contributed by atoms with Gasteiger partial charge in [-0.2, -0.15) is 4.98 Å². The van der Waals surface area contributed by atoms with Crippen LogP contribution in [0.3, 0.4) is 0 Å². The van der Waals surface area contributed by atoms with E-state index in [1.807, 2.05) is 70.2 Å². The van der Waals surface area contributed by atoms with Crippen LogP contribution in [0.4, 0.5) is 10.7 Å². The quantitative estimate of drug-likeness (QED) is 0.270. The molecule has 2 aromatic heterocycles. The number of nitrogens with zero attached hydrogens (tertiary/aromatic N) is 2. The molecule has 0 spiro atoms. The van der Waals surface area contributed by atoms with Crippen LogP contribution in [0.2, 0.25) is 0 Å². The number of rotatable bonds is 7. The van der Waals surface area contributed by atoms with Crippen molar-refractivity contribution in [1.29, 1.82) is 0 Å². The molecule has 1 saturated carbocycles. The van der Waals surface area contributed by atoms with Crippen molar-refractivity contribution < 1.29 is 19.1 Å². The summed E-state index contributed by atoms with van der Waals surface area (Å²) in [6.07, 6.45) is 2.38. The molecular formula is C30H34N4O4. The van der Waals surface area contributed by atoms with Gasteiger partial charge in [-0.3, -0.25) is 0 Å². The van der Waals surface area contributed by atoms with Crippen molar-refractivity contribution in [3.05, 3.63) is 65.9 Å². The molecule has 3 N–H and O–H groups in total. The Morgan fingerprint density at radius 1 is 1.05 bits per heavy atom. The van der Waals surface area contributed by atoms with E-state index in [2.05, 4.69) is 32.7 Å². The minimum atomic E-state index is -0.553. The Morgan fingerprint density at radius 3 is 2.37 bits per heavy atom. The van der Waals surface area contributed by atoms with Crippen LogP contribution in [0.1, 0.15) is 51.3 Å². The number of aromatic nitrogens is 2. The van der Waals surface area contributed by atoms with Crippen molar-refractivity contribution in [1.82, 2.24) is 15.3 Å². The zero-order valence-corrected chi connectivity index (χ0v) is 22.3. The van der Waals surface area contributed by atoms with E-state index in [4.69, 9.17) is 9.15 Å². The molecule has 0 atom stereocenters. The van der Waals surface area contributed by atoms with Crippen molar-refractivity contribution >= 4 is 23.1 Å².